The highest BCUT2D eigenvalue weighted by molar-refractivity contribution is 4.76. The van der Waals surface area contributed by atoms with Gasteiger partial charge in [-0.25, -0.2) is 0 Å². The molecule has 16 heavy (non-hydrogen) atoms. The van der Waals surface area contributed by atoms with E-state index >= 15 is 0 Å². The van der Waals surface area contributed by atoms with Gasteiger partial charge in [0, 0.05) is 6.04 Å². The second-order valence-corrected chi connectivity index (χ2v) is 6.21. The van der Waals surface area contributed by atoms with Crippen molar-refractivity contribution in [2.75, 3.05) is 0 Å². The first-order valence-electron chi connectivity index (χ1n) is 6.90. The zero-order chi connectivity index (χ0) is 12.6. The van der Waals surface area contributed by atoms with Gasteiger partial charge in [-0.1, -0.05) is 47.5 Å². The SMILES string of the molecule is CCCC(CCC)C(CCC(C)(C)C)NN. The van der Waals surface area contributed by atoms with Gasteiger partial charge in [-0.15, -0.1) is 0 Å². The van der Waals surface area contributed by atoms with Gasteiger partial charge in [0.15, 0.2) is 0 Å². The molecular formula is C14H32N2. The number of rotatable bonds is 8. The van der Waals surface area contributed by atoms with Crippen LogP contribution in [0.4, 0.5) is 0 Å². The Hall–Kier alpha value is -0.0800. The third-order valence-electron chi connectivity index (χ3n) is 3.31. The maximum absolute atomic E-state index is 5.71. The van der Waals surface area contributed by atoms with E-state index in [2.05, 4.69) is 40.0 Å². The topological polar surface area (TPSA) is 38.0 Å². The molecule has 0 aromatic rings. The lowest BCUT2D eigenvalue weighted by molar-refractivity contribution is 0.257. The van der Waals surface area contributed by atoms with Crippen LogP contribution in [-0.2, 0) is 0 Å². The van der Waals surface area contributed by atoms with Gasteiger partial charge >= 0.3 is 0 Å². The Balaban J connectivity index is 4.19. The zero-order valence-corrected chi connectivity index (χ0v) is 12.0. The van der Waals surface area contributed by atoms with E-state index in [1.165, 1.54) is 38.5 Å². The van der Waals surface area contributed by atoms with E-state index in [0.29, 0.717) is 11.5 Å². The summed E-state index contributed by atoms with van der Waals surface area (Å²) in [5.74, 6) is 6.47. The van der Waals surface area contributed by atoms with E-state index in [-0.39, 0.29) is 0 Å². The van der Waals surface area contributed by atoms with Crippen molar-refractivity contribution in [3.63, 3.8) is 0 Å². The smallest absolute Gasteiger partial charge is 0.0238 e. The molecular weight excluding hydrogens is 196 g/mol. The van der Waals surface area contributed by atoms with Crippen molar-refractivity contribution >= 4 is 0 Å². The van der Waals surface area contributed by atoms with E-state index in [0.717, 1.165) is 5.92 Å². The lowest BCUT2D eigenvalue weighted by Gasteiger charge is -2.29. The van der Waals surface area contributed by atoms with Gasteiger partial charge in [0.25, 0.3) is 0 Å². The summed E-state index contributed by atoms with van der Waals surface area (Å²) in [4.78, 5) is 0. The fourth-order valence-corrected chi connectivity index (χ4v) is 2.33. The van der Waals surface area contributed by atoms with Gasteiger partial charge < -0.3 is 0 Å². The number of hydrogen-bond donors (Lipinski definition) is 2. The predicted octanol–water partition coefficient (Wildman–Crippen LogP) is 3.86. The molecule has 0 heterocycles. The fourth-order valence-electron chi connectivity index (χ4n) is 2.33. The highest BCUT2D eigenvalue weighted by Crippen LogP contribution is 2.26. The van der Waals surface area contributed by atoms with Crippen molar-refractivity contribution < 1.29 is 0 Å². The zero-order valence-electron chi connectivity index (χ0n) is 12.0. The van der Waals surface area contributed by atoms with Gasteiger partial charge in [-0.05, 0) is 37.0 Å². The fraction of sp³-hybridized carbons (Fsp3) is 1.00. The molecule has 1 unspecified atom stereocenters. The van der Waals surface area contributed by atoms with Crippen molar-refractivity contribution in [1.82, 2.24) is 5.43 Å². The molecule has 0 saturated carbocycles. The minimum Gasteiger partial charge on any atom is -0.271 e. The van der Waals surface area contributed by atoms with Crippen LogP contribution in [-0.4, -0.2) is 6.04 Å². The lowest BCUT2D eigenvalue weighted by atomic mass is 9.83. The minimum absolute atomic E-state index is 0.415. The van der Waals surface area contributed by atoms with Crippen LogP contribution in [0.25, 0.3) is 0 Å². The molecule has 2 heteroatoms. The summed E-state index contributed by atoms with van der Waals surface area (Å²) in [5.41, 5.74) is 3.46. The standard InChI is InChI=1S/C14H32N2/c1-6-8-12(9-7-2)13(16-15)10-11-14(3,4)5/h12-13,16H,6-11,15H2,1-5H3. The molecule has 0 fully saturated rings. The van der Waals surface area contributed by atoms with E-state index < -0.39 is 0 Å². The van der Waals surface area contributed by atoms with Gasteiger partial charge in [-0.3, -0.25) is 11.3 Å². The van der Waals surface area contributed by atoms with Crippen molar-refractivity contribution in [3.05, 3.63) is 0 Å². The maximum Gasteiger partial charge on any atom is 0.0238 e. The average Bonchev–Trinajstić information content (AvgIpc) is 2.17. The third-order valence-corrected chi connectivity index (χ3v) is 3.31. The Labute approximate surface area is 102 Å². The Kier molecular flexibility index (Phi) is 8.04. The number of nitrogens with two attached hydrogens (primary N) is 1. The second kappa shape index (κ2) is 8.08. The molecule has 0 rings (SSSR count). The summed E-state index contributed by atoms with van der Waals surface area (Å²) < 4.78 is 0. The van der Waals surface area contributed by atoms with Crippen molar-refractivity contribution in [1.29, 1.82) is 0 Å². The van der Waals surface area contributed by atoms with Crippen molar-refractivity contribution in [2.24, 2.45) is 17.2 Å². The third kappa shape index (κ3) is 7.24. The van der Waals surface area contributed by atoms with Crippen molar-refractivity contribution in [2.45, 2.75) is 79.2 Å². The van der Waals surface area contributed by atoms with E-state index in [4.69, 9.17) is 5.84 Å². The van der Waals surface area contributed by atoms with Crippen LogP contribution in [0.15, 0.2) is 0 Å². The molecule has 0 radical (unpaired) electrons. The second-order valence-electron chi connectivity index (χ2n) is 6.21. The van der Waals surface area contributed by atoms with Crippen LogP contribution >= 0.6 is 0 Å². The van der Waals surface area contributed by atoms with Crippen LogP contribution in [0.1, 0.15) is 73.1 Å². The lowest BCUT2D eigenvalue weighted by Crippen LogP contribution is -2.41. The summed E-state index contributed by atoms with van der Waals surface area (Å²) in [7, 11) is 0. The molecule has 2 nitrogen and oxygen atoms in total. The molecule has 0 aromatic carbocycles. The Morgan fingerprint density at radius 1 is 1.00 bits per heavy atom. The predicted molar refractivity (Wildman–Crippen MR) is 73.1 cm³/mol. The first-order valence-corrected chi connectivity index (χ1v) is 6.90. The summed E-state index contributed by atoms with van der Waals surface area (Å²) in [6.45, 7) is 11.4. The molecule has 0 aliphatic rings. The van der Waals surface area contributed by atoms with Crippen LogP contribution in [0.2, 0.25) is 0 Å². The molecule has 0 bridgehead atoms. The monoisotopic (exact) mass is 228 g/mol. The maximum atomic E-state index is 5.71. The highest BCUT2D eigenvalue weighted by Gasteiger charge is 2.21. The summed E-state index contributed by atoms with van der Waals surface area (Å²) in [6.07, 6.45) is 7.56. The summed E-state index contributed by atoms with van der Waals surface area (Å²) in [5, 5.41) is 0. The Bertz CT molecular complexity index is 155. The normalized spacial score (nSPS) is 14.4. The largest absolute Gasteiger partial charge is 0.271 e. The molecule has 0 spiro atoms. The molecule has 0 aromatic heterocycles. The molecule has 0 aliphatic carbocycles. The van der Waals surface area contributed by atoms with Gasteiger partial charge in [0.1, 0.15) is 0 Å². The van der Waals surface area contributed by atoms with Crippen LogP contribution < -0.4 is 11.3 Å². The van der Waals surface area contributed by atoms with Gasteiger partial charge in [0.2, 0.25) is 0 Å². The van der Waals surface area contributed by atoms with Crippen molar-refractivity contribution in [3.8, 4) is 0 Å². The number of hydrazine groups is 1. The van der Waals surface area contributed by atoms with E-state index in [1.807, 2.05) is 0 Å². The number of nitrogens with one attached hydrogen (secondary N) is 1. The summed E-state index contributed by atoms with van der Waals surface area (Å²) >= 11 is 0. The molecule has 1 atom stereocenters. The van der Waals surface area contributed by atoms with Gasteiger partial charge in [0.05, 0.1) is 0 Å². The first kappa shape index (κ1) is 15.9. The molecule has 0 amide bonds. The minimum atomic E-state index is 0.415. The molecule has 0 aliphatic heterocycles. The quantitative estimate of drug-likeness (QED) is 0.489. The van der Waals surface area contributed by atoms with Crippen LogP contribution in [0.3, 0.4) is 0 Å². The average molecular weight is 228 g/mol. The molecule has 3 N–H and O–H groups in total. The number of hydrogen-bond acceptors (Lipinski definition) is 2. The first-order chi connectivity index (χ1) is 7.44. The Morgan fingerprint density at radius 2 is 1.50 bits per heavy atom. The highest BCUT2D eigenvalue weighted by atomic mass is 15.2. The Morgan fingerprint density at radius 3 is 1.81 bits per heavy atom. The van der Waals surface area contributed by atoms with E-state index in [1.54, 1.807) is 0 Å². The van der Waals surface area contributed by atoms with Crippen LogP contribution in [0, 0.1) is 11.3 Å². The summed E-state index contributed by atoms with van der Waals surface area (Å²) in [6, 6.07) is 0.499. The van der Waals surface area contributed by atoms with Gasteiger partial charge in [-0.2, -0.15) is 0 Å². The van der Waals surface area contributed by atoms with E-state index in [9.17, 15) is 0 Å². The molecule has 0 saturated heterocycles. The molecule has 98 valence electrons. The van der Waals surface area contributed by atoms with Crippen LogP contribution in [0.5, 0.6) is 0 Å².